The molecule has 37 heavy (non-hydrogen) atoms. The number of benzene rings is 1. The van der Waals surface area contributed by atoms with Gasteiger partial charge in [0.2, 0.25) is 0 Å². The van der Waals surface area contributed by atoms with E-state index in [1.54, 1.807) is 49.5 Å². The van der Waals surface area contributed by atoms with Gasteiger partial charge >= 0.3 is 0 Å². The van der Waals surface area contributed by atoms with Crippen LogP contribution in [0.5, 0.6) is 11.5 Å². The molecule has 5 rings (SSSR count). The fourth-order valence-electron chi connectivity index (χ4n) is 4.10. The van der Waals surface area contributed by atoms with Crippen molar-refractivity contribution in [1.82, 2.24) is 34.7 Å². The SMILES string of the molecule is CCn1cc2[nH]c(=O)c(-c3nc4cc(OC)c(OCCOC)cc4[nH]3)c(NC(C)c3ncccn3)c2n1. The molecule has 0 aliphatic rings. The number of imidazole rings is 1. The summed E-state index contributed by atoms with van der Waals surface area (Å²) in [6.07, 6.45) is 5.17. The van der Waals surface area contributed by atoms with Crippen molar-refractivity contribution in [2.75, 3.05) is 32.8 Å². The normalized spacial score (nSPS) is 12.2. The topological polar surface area (TPSA) is 145 Å². The highest BCUT2D eigenvalue weighted by atomic mass is 16.5. The van der Waals surface area contributed by atoms with Crippen LogP contribution in [0.1, 0.15) is 25.7 Å². The molecule has 192 valence electrons. The predicted octanol–water partition coefficient (Wildman–Crippen LogP) is 3.28. The molecule has 12 nitrogen and oxygen atoms in total. The summed E-state index contributed by atoms with van der Waals surface area (Å²) in [5, 5.41) is 8.11. The Kier molecular flexibility index (Phi) is 6.73. The quantitative estimate of drug-likeness (QED) is 0.244. The van der Waals surface area contributed by atoms with E-state index in [0.717, 1.165) is 0 Å². The second-order valence-corrected chi connectivity index (χ2v) is 8.37. The molecule has 5 aromatic rings. The number of aryl methyl sites for hydroxylation is 1. The van der Waals surface area contributed by atoms with Crippen molar-refractivity contribution in [1.29, 1.82) is 0 Å². The van der Waals surface area contributed by atoms with Crippen LogP contribution in [-0.4, -0.2) is 62.1 Å². The summed E-state index contributed by atoms with van der Waals surface area (Å²) >= 11 is 0. The highest BCUT2D eigenvalue weighted by Crippen LogP contribution is 2.35. The first-order valence-electron chi connectivity index (χ1n) is 11.9. The van der Waals surface area contributed by atoms with Gasteiger partial charge < -0.3 is 29.5 Å². The van der Waals surface area contributed by atoms with E-state index in [2.05, 4.69) is 25.3 Å². The molecule has 0 saturated heterocycles. The second-order valence-electron chi connectivity index (χ2n) is 8.37. The van der Waals surface area contributed by atoms with Crippen molar-refractivity contribution in [2.24, 2.45) is 0 Å². The lowest BCUT2D eigenvalue weighted by molar-refractivity contribution is 0.144. The number of fused-ring (bicyclic) bond motifs is 2. The van der Waals surface area contributed by atoms with Crippen LogP contribution in [0, 0.1) is 0 Å². The van der Waals surface area contributed by atoms with E-state index in [-0.39, 0.29) is 11.6 Å². The van der Waals surface area contributed by atoms with Crippen molar-refractivity contribution in [3.05, 3.63) is 53.0 Å². The van der Waals surface area contributed by atoms with Gasteiger partial charge in [-0.05, 0) is 19.9 Å². The number of anilines is 1. The monoisotopic (exact) mass is 504 g/mol. The molecule has 1 atom stereocenters. The average molecular weight is 505 g/mol. The number of aromatic amines is 2. The van der Waals surface area contributed by atoms with Crippen molar-refractivity contribution in [3.8, 4) is 22.9 Å². The third kappa shape index (κ3) is 4.70. The highest BCUT2D eigenvalue weighted by molar-refractivity contribution is 5.96. The van der Waals surface area contributed by atoms with Gasteiger partial charge in [-0.1, -0.05) is 0 Å². The molecule has 0 spiro atoms. The number of pyridine rings is 1. The molecule has 0 aliphatic heterocycles. The van der Waals surface area contributed by atoms with Gasteiger partial charge in [0.25, 0.3) is 5.56 Å². The first-order chi connectivity index (χ1) is 18.0. The number of methoxy groups -OCH3 is 2. The number of hydrogen-bond acceptors (Lipinski definition) is 9. The third-order valence-electron chi connectivity index (χ3n) is 5.93. The molecule has 0 saturated carbocycles. The summed E-state index contributed by atoms with van der Waals surface area (Å²) < 4.78 is 18.1. The maximum atomic E-state index is 13.4. The van der Waals surface area contributed by atoms with Crippen molar-refractivity contribution >= 4 is 27.8 Å². The maximum absolute atomic E-state index is 13.4. The predicted molar refractivity (Wildman–Crippen MR) is 139 cm³/mol. The van der Waals surface area contributed by atoms with Crippen LogP contribution in [0.15, 0.2) is 41.6 Å². The largest absolute Gasteiger partial charge is 0.493 e. The van der Waals surface area contributed by atoms with Gasteiger partial charge in [0.15, 0.2) is 11.5 Å². The summed E-state index contributed by atoms with van der Waals surface area (Å²) in [7, 11) is 3.18. The van der Waals surface area contributed by atoms with Crippen LogP contribution < -0.4 is 20.3 Å². The molecule has 1 aromatic carbocycles. The molecule has 3 N–H and O–H groups in total. The van der Waals surface area contributed by atoms with Crippen molar-refractivity contribution in [2.45, 2.75) is 26.4 Å². The van der Waals surface area contributed by atoms with Gasteiger partial charge in [-0.3, -0.25) is 9.48 Å². The first kappa shape index (κ1) is 24.3. The van der Waals surface area contributed by atoms with Gasteiger partial charge in [-0.15, -0.1) is 0 Å². The zero-order chi connectivity index (χ0) is 25.9. The smallest absolute Gasteiger partial charge is 0.261 e. The number of aromatic nitrogens is 7. The standard InChI is InChI=1S/C25H28N8O4/c1-5-33-13-17-21(32-33)22(28-14(2)23-26-7-6-8-27-23)20(25(34)31-17)24-29-15-11-18(36-4)19(12-16(15)30-24)37-10-9-35-3/h6-8,11-14,28H,5,9-10H2,1-4H3,(H,29,30)(H,31,34). The number of rotatable bonds is 10. The zero-order valence-corrected chi connectivity index (χ0v) is 21.0. The molecular weight excluding hydrogens is 476 g/mol. The van der Waals surface area contributed by atoms with Crippen molar-refractivity contribution in [3.63, 3.8) is 0 Å². The number of nitrogens with zero attached hydrogens (tertiary/aromatic N) is 5. The Morgan fingerprint density at radius 1 is 1.08 bits per heavy atom. The Bertz CT molecular complexity index is 1590. The number of hydrogen-bond donors (Lipinski definition) is 3. The zero-order valence-electron chi connectivity index (χ0n) is 21.0. The molecule has 12 heteroatoms. The minimum atomic E-state index is -0.311. The van der Waals surface area contributed by atoms with Crippen LogP contribution in [0.2, 0.25) is 0 Å². The number of ether oxygens (including phenoxy) is 3. The van der Waals surface area contributed by atoms with Gasteiger partial charge in [-0.2, -0.15) is 5.10 Å². The summed E-state index contributed by atoms with van der Waals surface area (Å²) in [6.45, 7) is 5.36. The molecule has 0 radical (unpaired) electrons. The van der Waals surface area contributed by atoms with E-state index < -0.39 is 0 Å². The average Bonchev–Trinajstić information content (AvgIpc) is 3.52. The Hall–Kier alpha value is -4.45. The Morgan fingerprint density at radius 2 is 1.89 bits per heavy atom. The lowest BCUT2D eigenvalue weighted by atomic mass is 10.1. The van der Waals surface area contributed by atoms with E-state index in [4.69, 9.17) is 24.3 Å². The Balaban J connectivity index is 1.65. The van der Waals surface area contributed by atoms with E-state index in [1.807, 2.05) is 20.0 Å². The van der Waals surface area contributed by atoms with E-state index >= 15 is 0 Å². The Labute approximate surface area is 212 Å². The molecule has 1 unspecified atom stereocenters. The second kappa shape index (κ2) is 10.3. The molecule has 0 bridgehead atoms. The minimum Gasteiger partial charge on any atom is -0.493 e. The summed E-state index contributed by atoms with van der Waals surface area (Å²) in [5.41, 5.74) is 3.09. The minimum absolute atomic E-state index is 0.304. The lowest BCUT2D eigenvalue weighted by Crippen LogP contribution is -2.17. The van der Waals surface area contributed by atoms with Gasteiger partial charge in [0, 0.05) is 44.4 Å². The fraction of sp³-hybridized carbons (Fsp3) is 0.320. The fourth-order valence-corrected chi connectivity index (χ4v) is 4.10. The highest BCUT2D eigenvalue weighted by Gasteiger charge is 2.23. The molecule has 4 heterocycles. The van der Waals surface area contributed by atoms with Crippen LogP contribution >= 0.6 is 0 Å². The maximum Gasteiger partial charge on any atom is 0.261 e. The molecule has 0 amide bonds. The van der Waals surface area contributed by atoms with Crippen LogP contribution in [-0.2, 0) is 11.3 Å². The van der Waals surface area contributed by atoms with E-state index in [0.29, 0.717) is 76.2 Å². The Morgan fingerprint density at radius 3 is 2.62 bits per heavy atom. The van der Waals surface area contributed by atoms with E-state index in [9.17, 15) is 4.79 Å². The summed E-state index contributed by atoms with van der Waals surface area (Å²) in [6, 6.07) is 5.02. The summed E-state index contributed by atoms with van der Waals surface area (Å²) in [4.78, 5) is 33.1. The van der Waals surface area contributed by atoms with Crippen LogP contribution in [0.3, 0.4) is 0 Å². The van der Waals surface area contributed by atoms with Crippen LogP contribution in [0.4, 0.5) is 5.69 Å². The summed E-state index contributed by atoms with van der Waals surface area (Å²) in [5.74, 6) is 2.04. The van der Waals surface area contributed by atoms with Gasteiger partial charge in [0.05, 0.1) is 42.0 Å². The number of nitrogens with one attached hydrogen (secondary N) is 3. The molecular formula is C25H28N8O4. The number of H-pyrrole nitrogens is 2. The first-order valence-corrected chi connectivity index (χ1v) is 11.9. The molecule has 4 aromatic heterocycles. The molecule has 0 fully saturated rings. The van der Waals surface area contributed by atoms with Crippen LogP contribution in [0.25, 0.3) is 33.5 Å². The van der Waals surface area contributed by atoms with Gasteiger partial charge in [-0.25, -0.2) is 15.0 Å². The van der Waals surface area contributed by atoms with E-state index in [1.165, 1.54) is 0 Å². The van der Waals surface area contributed by atoms with Crippen molar-refractivity contribution < 1.29 is 14.2 Å². The molecule has 0 aliphatic carbocycles. The lowest BCUT2D eigenvalue weighted by Gasteiger charge is -2.16. The van der Waals surface area contributed by atoms with Gasteiger partial charge in [0.1, 0.15) is 29.3 Å². The third-order valence-corrected chi connectivity index (χ3v) is 5.93.